The summed E-state index contributed by atoms with van der Waals surface area (Å²) in [5, 5.41) is 0. The Morgan fingerprint density at radius 2 is 2.13 bits per heavy atom. The normalized spacial score (nSPS) is 22.6. The number of ether oxygens (including phenoxy) is 1. The topological polar surface area (TPSA) is 35.2 Å². The molecule has 23 heavy (non-hydrogen) atoms. The predicted octanol–water partition coefficient (Wildman–Crippen LogP) is 5.74. The van der Waals surface area contributed by atoms with Crippen LogP contribution >= 0.6 is 0 Å². The molecule has 0 spiro atoms. The maximum Gasteiger partial charge on any atom is 0.133 e. The Morgan fingerprint density at radius 1 is 1.35 bits per heavy atom. The smallest absolute Gasteiger partial charge is 0.133 e. The van der Waals surface area contributed by atoms with Crippen LogP contribution in [0, 0.1) is 5.92 Å². The molecule has 0 radical (unpaired) electrons. The van der Waals surface area contributed by atoms with Crippen LogP contribution in [0.2, 0.25) is 0 Å². The molecule has 2 atom stereocenters. The lowest BCUT2D eigenvalue weighted by Gasteiger charge is -2.30. The molecule has 0 saturated heterocycles. The van der Waals surface area contributed by atoms with Gasteiger partial charge < -0.3 is 10.5 Å². The minimum absolute atomic E-state index is 0.279. The molecule has 0 saturated carbocycles. The first-order chi connectivity index (χ1) is 11.0. The molecule has 124 valence electrons. The Bertz CT molecular complexity index is 656. The van der Waals surface area contributed by atoms with Gasteiger partial charge >= 0.3 is 0 Å². The van der Waals surface area contributed by atoms with Crippen LogP contribution in [0.15, 0.2) is 35.6 Å². The summed E-state index contributed by atoms with van der Waals surface area (Å²) < 4.78 is 6.29. The molecule has 2 nitrogen and oxygen atoms in total. The standard InChI is InChI=1S/C21H29NO/c1-5-6-7-8-15-11-17(22)20-18(12-15)23-21-14(4)9-10-16(13(2)3)19(20)21/h11-12,16,19H,2,5-10,22H2,1,3-4H3. The number of benzene rings is 1. The minimum Gasteiger partial charge on any atom is -0.461 e. The molecular formula is C21H29NO. The molecule has 3 rings (SSSR count). The van der Waals surface area contributed by atoms with Gasteiger partial charge in [-0.25, -0.2) is 0 Å². The van der Waals surface area contributed by atoms with Crippen molar-refractivity contribution < 1.29 is 4.74 Å². The summed E-state index contributed by atoms with van der Waals surface area (Å²) in [6.07, 6.45) is 7.06. The van der Waals surface area contributed by atoms with E-state index in [0.717, 1.165) is 36.5 Å². The molecule has 0 aromatic heterocycles. The summed E-state index contributed by atoms with van der Waals surface area (Å²) >= 11 is 0. The summed E-state index contributed by atoms with van der Waals surface area (Å²) in [5.74, 6) is 2.85. The second-order valence-electron chi connectivity index (χ2n) is 7.27. The number of nitrogen functional groups attached to an aromatic ring is 1. The predicted molar refractivity (Wildman–Crippen MR) is 97.7 cm³/mol. The zero-order valence-electron chi connectivity index (χ0n) is 14.7. The summed E-state index contributed by atoms with van der Waals surface area (Å²) in [5.41, 5.74) is 12.5. The van der Waals surface area contributed by atoms with Gasteiger partial charge in [-0.2, -0.15) is 0 Å². The van der Waals surface area contributed by atoms with E-state index < -0.39 is 0 Å². The van der Waals surface area contributed by atoms with E-state index >= 15 is 0 Å². The van der Waals surface area contributed by atoms with E-state index in [1.165, 1.54) is 41.5 Å². The third-order valence-corrected chi connectivity index (χ3v) is 5.40. The third kappa shape index (κ3) is 2.91. The second kappa shape index (κ2) is 6.43. The zero-order valence-corrected chi connectivity index (χ0v) is 14.7. The van der Waals surface area contributed by atoms with E-state index in [9.17, 15) is 0 Å². The quantitative estimate of drug-likeness (QED) is 0.427. The number of anilines is 1. The van der Waals surface area contributed by atoms with E-state index in [4.69, 9.17) is 10.5 Å². The summed E-state index contributed by atoms with van der Waals surface area (Å²) in [7, 11) is 0. The van der Waals surface area contributed by atoms with E-state index in [1.807, 2.05) is 0 Å². The highest BCUT2D eigenvalue weighted by atomic mass is 16.5. The van der Waals surface area contributed by atoms with Crippen molar-refractivity contribution >= 4 is 5.69 Å². The van der Waals surface area contributed by atoms with Crippen LogP contribution in [0.3, 0.4) is 0 Å². The summed E-state index contributed by atoms with van der Waals surface area (Å²) in [4.78, 5) is 0. The molecule has 0 fully saturated rings. The average Bonchev–Trinajstić information content (AvgIpc) is 2.88. The highest BCUT2D eigenvalue weighted by Gasteiger charge is 2.41. The van der Waals surface area contributed by atoms with Crippen LogP contribution in [0.5, 0.6) is 5.75 Å². The summed E-state index contributed by atoms with van der Waals surface area (Å²) in [6, 6.07) is 4.38. The van der Waals surface area contributed by atoms with Crippen LogP contribution in [0.25, 0.3) is 0 Å². The van der Waals surface area contributed by atoms with Gasteiger partial charge in [-0.15, -0.1) is 0 Å². The second-order valence-corrected chi connectivity index (χ2v) is 7.27. The number of nitrogens with two attached hydrogens (primary N) is 1. The van der Waals surface area contributed by atoms with E-state index in [2.05, 4.69) is 39.5 Å². The first kappa shape index (κ1) is 16.2. The number of hydrogen-bond acceptors (Lipinski definition) is 2. The molecule has 2 unspecified atom stereocenters. The highest BCUT2D eigenvalue weighted by Crippen LogP contribution is 2.54. The molecule has 2 aliphatic rings. The largest absolute Gasteiger partial charge is 0.461 e. The van der Waals surface area contributed by atoms with Crippen LogP contribution in [0.1, 0.15) is 69.9 Å². The fourth-order valence-corrected chi connectivity index (χ4v) is 4.09. The van der Waals surface area contributed by atoms with Crippen molar-refractivity contribution in [1.82, 2.24) is 0 Å². The molecule has 1 aromatic rings. The van der Waals surface area contributed by atoms with Gasteiger partial charge in [0.05, 0.1) is 5.92 Å². The molecule has 2 heteroatoms. The van der Waals surface area contributed by atoms with E-state index in [0.29, 0.717) is 5.92 Å². The number of unbranched alkanes of at least 4 members (excludes halogenated alkanes) is 2. The number of rotatable bonds is 5. The van der Waals surface area contributed by atoms with E-state index in [1.54, 1.807) is 0 Å². The highest BCUT2D eigenvalue weighted by molar-refractivity contribution is 5.64. The van der Waals surface area contributed by atoms with Crippen molar-refractivity contribution in [2.24, 2.45) is 5.92 Å². The van der Waals surface area contributed by atoms with Crippen LogP contribution in [-0.4, -0.2) is 0 Å². The zero-order chi connectivity index (χ0) is 16.6. The van der Waals surface area contributed by atoms with E-state index in [-0.39, 0.29) is 5.92 Å². The third-order valence-electron chi connectivity index (χ3n) is 5.40. The Hall–Kier alpha value is -1.70. The fraction of sp³-hybridized carbons (Fsp3) is 0.524. The summed E-state index contributed by atoms with van der Waals surface area (Å²) in [6.45, 7) is 10.8. The minimum atomic E-state index is 0.279. The van der Waals surface area contributed by atoms with Crippen LogP contribution < -0.4 is 10.5 Å². The van der Waals surface area contributed by atoms with Gasteiger partial charge in [0, 0.05) is 11.3 Å². The molecule has 1 aliphatic heterocycles. The molecule has 1 aromatic carbocycles. The first-order valence-electron chi connectivity index (χ1n) is 8.98. The molecular weight excluding hydrogens is 282 g/mol. The van der Waals surface area contributed by atoms with Crippen molar-refractivity contribution in [2.45, 2.75) is 65.2 Å². The number of hydrogen-bond donors (Lipinski definition) is 1. The van der Waals surface area contributed by atoms with Gasteiger partial charge in [0.2, 0.25) is 0 Å². The lowest BCUT2D eigenvalue weighted by molar-refractivity contribution is 0.354. The van der Waals surface area contributed by atoms with Crippen molar-refractivity contribution in [3.05, 3.63) is 46.7 Å². The fourth-order valence-electron chi connectivity index (χ4n) is 4.09. The maximum absolute atomic E-state index is 6.46. The maximum atomic E-state index is 6.46. The lowest BCUT2D eigenvalue weighted by Crippen LogP contribution is -2.20. The average molecular weight is 311 g/mol. The Kier molecular flexibility index (Phi) is 4.52. The van der Waals surface area contributed by atoms with Crippen molar-refractivity contribution in [3.8, 4) is 5.75 Å². The first-order valence-corrected chi connectivity index (χ1v) is 8.98. The lowest BCUT2D eigenvalue weighted by atomic mass is 9.73. The van der Waals surface area contributed by atoms with Gasteiger partial charge in [-0.05, 0) is 68.7 Å². The van der Waals surface area contributed by atoms with Gasteiger partial charge in [0.1, 0.15) is 11.5 Å². The Balaban J connectivity index is 1.97. The molecule has 0 bridgehead atoms. The van der Waals surface area contributed by atoms with Gasteiger partial charge in [0.25, 0.3) is 0 Å². The van der Waals surface area contributed by atoms with Gasteiger partial charge in [-0.1, -0.05) is 31.9 Å². The van der Waals surface area contributed by atoms with Crippen LogP contribution in [0.4, 0.5) is 5.69 Å². The van der Waals surface area contributed by atoms with Crippen molar-refractivity contribution in [2.75, 3.05) is 5.73 Å². The molecule has 0 amide bonds. The molecule has 1 aliphatic carbocycles. The van der Waals surface area contributed by atoms with Gasteiger partial charge in [-0.3, -0.25) is 0 Å². The monoisotopic (exact) mass is 311 g/mol. The SMILES string of the molecule is C=C(C)C1CCC(C)=C2Oc3cc(CCCCC)cc(N)c3C21. The van der Waals surface area contributed by atoms with Crippen molar-refractivity contribution in [3.63, 3.8) is 0 Å². The van der Waals surface area contributed by atoms with Gasteiger partial charge in [0.15, 0.2) is 0 Å². The number of aryl methyl sites for hydroxylation is 1. The van der Waals surface area contributed by atoms with Crippen molar-refractivity contribution in [1.29, 1.82) is 0 Å². The molecule has 1 heterocycles. The Labute approximate surface area is 140 Å². The Morgan fingerprint density at radius 3 is 2.83 bits per heavy atom. The number of fused-ring (bicyclic) bond motifs is 3. The number of allylic oxidation sites excluding steroid dienone is 3. The van der Waals surface area contributed by atoms with Crippen LogP contribution in [-0.2, 0) is 6.42 Å². The molecule has 2 N–H and O–H groups in total.